The minimum atomic E-state index is -0.771. The average Bonchev–Trinajstić information content (AvgIpc) is 2.63. The smallest absolute Gasteiger partial charge is 0.259 e. The van der Waals surface area contributed by atoms with Gasteiger partial charge in [0.2, 0.25) is 0 Å². The predicted molar refractivity (Wildman–Crippen MR) is 65.5 cm³/mol. The molecule has 4 heteroatoms. The first kappa shape index (κ1) is 13.0. The lowest BCUT2D eigenvalue weighted by molar-refractivity contribution is 0.0751. The number of rotatable bonds is 1. The van der Waals surface area contributed by atoms with E-state index in [1.54, 1.807) is 4.90 Å². The van der Waals surface area contributed by atoms with Gasteiger partial charge >= 0.3 is 0 Å². The fourth-order valence-electron chi connectivity index (χ4n) is 2.28. The molecule has 0 N–H and O–H groups in total. The van der Waals surface area contributed by atoms with Gasteiger partial charge in [-0.1, -0.05) is 18.9 Å². The van der Waals surface area contributed by atoms with Crippen molar-refractivity contribution in [2.45, 2.75) is 32.6 Å². The second-order valence-corrected chi connectivity index (χ2v) is 4.76. The molecule has 98 valence electrons. The number of benzene rings is 1. The van der Waals surface area contributed by atoms with Gasteiger partial charge in [0.25, 0.3) is 5.91 Å². The van der Waals surface area contributed by atoms with Crippen molar-refractivity contribution in [1.82, 2.24) is 4.90 Å². The van der Waals surface area contributed by atoms with Gasteiger partial charge in [0.05, 0.1) is 0 Å². The van der Waals surface area contributed by atoms with Crippen LogP contribution in [0, 0.1) is 18.6 Å². The molecule has 0 aromatic heterocycles. The summed E-state index contributed by atoms with van der Waals surface area (Å²) in [5.41, 5.74) is -0.105. The molecule has 1 heterocycles. The highest BCUT2D eigenvalue weighted by molar-refractivity contribution is 5.95. The van der Waals surface area contributed by atoms with Crippen LogP contribution in [0.1, 0.15) is 41.6 Å². The molecule has 1 aliphatic heterocycles. The zero-order valence-electron chi connectivity index (χ0n) is 10.5. The second-order valence-electron chi connectivity index (χ2n) is 4.76. The number of hydrogen-bond acceptors (Lipinski definition) is 1. The van der Waals surface area contributed by atoms with E-state index in [9.17, 15) is 13.6 Å². The Morgan fingerprint density at radius 1 is 1.11 bits per heavy atom. The zero-order valence-corrected chi connectivity index (χ0v) is 10.5. The fraction of sp³-hybridized carbons (Fsp3) is 0.500. The van der Waals surface area contributed by atoms with Crippen LogP contribution in [-0.4, -0.2) is 23.9 Å². The first-order chi connectivity index (χ1) is 8.61. The van der Waals surface area contributed by atoms with Gasteiger partial charge in [-0.05, 0) is 31.4 Å². The van der Waals surface area contributed by atoms with E-state index in [4.69, 9.17) is 0 Å². The van der Waals surface area contributed by atoms with Gasteiger partial charge in [-0.2, -0.15) is 0 Å². The molecule has 0 saturated carbocycles. The van der Waals surface area contributed by atoms with Crippen LogP contribution in [0.4, 0.5) is 8.78 Å². The van der Waals surface area contributed by atoms with Crippen LogP contribution in [0.15, 0.2) is 12.1 Å². The molecule has 2 rings (SSSR count). The Hall–Kier alpha value is -1.45. The summed E-state index contributed by atoms with van der Waals surface area (Å²) in [5, 5.41) is 0. The summed E-state index contributed by atoms with van der Waals surface area (Å²) in [6.07, 6.45) is 3.95. The topological polar surface area (TPSA) is 20.3 Å². The summed E-state index contributed by atoms with van der Waals surface area (Å²) < 4.78 is 27.5. The van der Waals surface area contributed by atoms with Crippen LogP contribution in [0.25, 0.3) is 0 Å². The van der Waals surface area contributed by atoms with E-state index in [-0.39, 0.29) is 0 Å². The van der Waals surface area contributed by atoms with Gasteiger partial charge in [0.15, 0.2) is 0 Å². The van der Waals surface area contributed by atoms with Gasteiger partial charge in [0, 0.05) is 13.1 Å². The third-order valence-corrected chi connectivity index (χ3v) is 3.39. The molecule has 1 aliphatic rings. The van der Waals surface area contributed by atoms with Crippen molar-refractivity contribution in [2.75, 3.05) is 13.1 Å². The van der Waals surface area contributed by atoms with Crippen molar-refractivity contribution >= 4 is 5.91 Å². The molecule has 1 aromatic rings. The van der Waals surface area contributed by atoms with Crippen LogP contribution >= 0.6 is 0 Å². The van der Waals surface area contributed by atoms with E-state index in [0.29, 0.717) is 18.7 Å². The molecule has 1 fully saturated rings. The summed E-state index contributed by atoms with van der Waals surface area (Å²) in [4.78, 5) is 13.8. The zero-order chi connectivity index (χ0) is 13.1. The van der Waals surface area contributed by atoms with Crippen molar-refractivity contribution in [2.24, 2.45) is 0 Å². The first-order valence-corrected chi connectivity index (χ1v) is 6.35. The van der Waals surface area contributed by atoms with E-state index in [2.05, 4.69) is 0 Å². The third-order valence-electron chi connectivity index (χ3n) is 3.39. The quantitative estimate of drug-likeness (QED) is 0.752. The number of halogens is 2. The van der Waals surface area contributed by atoms with Gasteiger partial charge in [-0.3, -0.25) is 4.79 Å². The third kappa shape index (κ3) is 2.52. The van der Waals surface area contributed by atoms with Crippen molar-refractivity contribution in [3.63, 3.8) is 0 Å². The summed E-state index contributed by atoms with van der Waals surface area (Å²) >= 11 is 0. The monoisotopic (exact) mass is 253 g/mol. The summed E-state index contributed by atoms with van der Waals surface area (Å²) in [6, 6.07) is 2.51. The Kier molecular flexibility index (Phi) is 3.94. The van der Waals surface area contributed by atoms with Crippen molar-refractivity contribution in [1.29, 1.82) is 0 Å². The van der Waals surface area contributed by atoms with Crippen molar-refractivity contribution < 1.29 is 13.6 Å². The predicted octanol–water partition coefficient (Wildman–Crippen LogP) is 3.29. The number of nitrogens with zero attached hydrogens (tertiary/aromatic N) is 1. The van der Waals surface area contributed by atoms with Crippen LogP contribution in [0.3, 0.4) is 0 Å². The minimum absolute atomic E-state index is 0.301. The average molecular weight is 253 g/mol. The van der Waals surface area contributed by atoms with E-state index < -0.39 is 23.1 Å². The molecular weight excluding hydrogens is 236 g/mol. The Morgan fingerprint density at radius 3 is 2.33 bits per heavy atom. The molecule has 0 atom stereocenters. The number of hydrogen-bond donors (Lipinski definition) is 0. The number of likely N-dealkylation sites (tertiary alicyclic amines) is 1. The molecule has 0 unspecified atom stereocenters. The van der Waals surface area contributed by atoms with Crippen LogP contribution < -0.4 is 0 Å². The second kappa shape index (κ2) is 5.46. The number of aryl methyl sites for hydroxylation is 1. The van der Waals surface area contributed by atoms with Gasteiger partial charge in [0.1, 0.15) is 17.2 Å². The standard InChI is InChI=1S/C14H17F2NO/c1-10-6-7-11(15)12(13(10)16)14(18)17-8-4-2-3-5-9-17/h6-7H,2-5,8-9H2,1H3. The van der Waals surface area contributed by atoms with Gasteiger partial charge in [-0.15, -0.1) is 0 Å². The maximum Gasteiger partial charge on any atom is 0.259 e. The van der Waals surface area contributed by atoms with Crippen LogP contribution in [0.5, 0.6) is 0 Å². The summed E-state index contributed by atoms with van der Waals surface area (Å²) in [6.45, 7) is 2.71. The lowest BCUT2D eigenvalue weighted by atomic mass is 10.1. The molecule has 2 nitrogen and oxygen atoms in total. The molecule has 0 bridgehead atoms. The Balaban J connectivity index is 2.30. The minimum Gasteiger partial charge on any atom is -0.338 e. The number of carbonyl (C=O) groups excluding carboxylic acids is 1. The molecule has 1 aromatic carbocycles. The Labute approximate surface area is 106 Å². The highest BCUT2D eigenvalue weighted by Crippen LogP contribution is 2.20. The molecule has 1 saturated heterocycles. The molecular formula is C14H17F2NO. The Bertz CT molecular complexity index is 451. The largest absolute Gasteiger partial charge is 0.338 e. The van der Waals surface area contributed by atoms with E-state index >= 15 is 0 Å². The highest BCUT2D eigenvalue weighted by Gasteiger charge is 2.24. The van der Waals surface area contributed by atoms with E-state index in [1.165, 1.54) is 13.0 Å². The van der Waals surface area contributed by atoms with E-state index in [0.717, 1.165) is 31.7 Å². The SMILES string of the molecule is Cc1ccc(F)c(C(=O)N2CCCCCC2)c1F. The molecule has 0 spiro atoms. The van der Waals surface area contributed by atoms with Crippen LogP contribution in [0.2, 0.25) is 0 Å². The van der Waals surface area contributed by atoms with Gasteiger partial charge in [-0.25, -0.2) is 8.78 Å². The molecule has 1 amide bonds. The first-order valence-electron chi connectivity index (χ1n) is 6.35. The lowest BCUT2D eigenvalue weighted by Gasteiger charge is -2.21. The van der Waals surface area contributed by atoms with E-state index in [1.807, 2.05) is 0 Å². The summed E-state index contributed by atoms with van der Waals surface area (Å²) in [7, 11) is 0. The number of amides is 1. The fourth-order valence-corrected chi connectivity index (χ4v) is 2.28. The normalized spacial score (nSPS) is 16.5. The lowest BCUT2D eigenvalue weighted by Crippen LogP contribution is -2.33. The van der Waals surface area contributed by atoms with Crippen LogP contribution in [-0.2, 0) is 0 Å². The maximum atomic E-state index is 13.9. The highest BCUT2D eigenvalue weighted by atomic mass is 19.1. The molecule has 18 heavy (non-hydrogen) atoms. The van der Waals surface area contributed by atoms with Crippen molar-refractivity contribution in [3.05, 3.63) is 34.9 Å². The molecule has 0 radical (unpaired) electrons. The number of carbonyl (C=O) groups is 1. The summed E-state index contributed by atoms with van der Waals surface area (Å²) in [5.74, 6) is -2.02. The van der Waals surface area contributed by atoms with Crippen molar-refractivity contribution in [3.8, 4) is 0 Å². The maximum absolute atomic E-state index is 13.9. The molecule has 0 aliphatic carbocycles. The Morgan fingerprint density at radius 2 is 1.72 bits per heavy atom. The van der Waals surface area contributed by atoms with Gasteiger partial charge < -0.3 is 4.90 Å².